The van der Waals surface area contributed by atoms with Crippen molar-refractivity contribution in [2.75, 3.05) is 11.9 Å². The second kappa shape index (κ2) is 6.97. The number of para-hydroxylation sites is 2. The Kier molecular flexibility index (Phi) is 4.37. The molecule has 1 atom stereocenters. The number of imidazole rings is 1. The number of fused-ring (bicyclic) bond motifs is 1. The first-order valence-electron chi connectivity index (χ1n) is 8.46. The normalized spacial score (nSPS) is 12.4. The second-order valence-corrected chi connectivity index (χ2v) is 6.11. The second-order valence-electron chi connectivity index (χ2n) is 6.11. The summed E-state index contributed by atoms with van der Waals surface area (Å²) in [5.74, 6) is 1.64. The number of aliphatic hydroxyl groups is 1. The number of nitrogens with one attached hydrogen (secondary N) is 1. The van der Waals surface area contributed by atoms with E-state index in [9.17, 15) is 5.11 Å². The van der Waals surface area contributed by atoms with E-state index in [-0.39, 0.29) is 0 Å². The molecule has 26 heavy (non-hydrogen) atoms. The van der Waals surface area contributed by atoms with Gasteiger partial charge in [0, 0.05) is 12.1 Å². The highest BCUT2D eigenvalue weighted by Gasteiger charge is 2.15. The van der Waals surface area contributed by atoms with Crippen LogP contribution in [-0.2, 0) is 6.54 Å². The summed E-state index contributed by atoms with van der Waals surface area (Å²) in [4.78, 5) is 4.60. The van der Waals surface area contributed by atoms with Crippen LogP contribution in [0.5, 0.6) is 0 Å². The molecule has 0 aliphatic heterocycles. The molecule has 2 aromatic heterocycles. The summed E-state index contributed by atoms with van der Waals surface area (Å²) < 4.78 is 7.80. The monoisotopic (exact) mass is 349 g/mol. The van der Waals surface area contributed by atoms with Crippen LogP contribution < -0.4 is 5.32 Å². The highest BCUT2D eigenvalue weighted by Crippen LogP contribution is 2.22. The van der Waals surface area contributed by atoms with Gasteiger partial charge >= 0.3 is 0 Å². The van der Waals surface area contributed by atoms with Gasteiger partial charge in [0.2, 0.25) is 17.7 Å². The van der Waals surface area contributed by atoms with Crippen molar-refractivity contribution in [3.63, 3.8) is 0 Å². The van der Waals surface area contributed by atoms with Crippen LogP contribution in [0.4, 0.5) is 5.95 Å². The van der Waals surface area contributed by atoms with Gasteiger partial charge in [0.15, 0.2) is 0 Å². The van der Waals surface area contributed by atoms with Crippen LogP contribution in [0.15, 0.2) is 59.0 Å². The summed E-state index contributed by atoms with van der Waals surface area (Å²) in [6.07, 6.45) is -0.476. The number of aromatic nitrogens is 4. The quantitative estimate of drug-likeness (QED) is 0.556. The Bertz CT molecular complexity index is 1010. The number of hydrogen-bond donors (Lipinski definition) is 2. The van der Waals surface area contributed by atoms with E-state index in [4.69, 9.17) is 4.42 Å². The lowest BCUT2D eigenvalue weighted by molar-refractivity contribution is 0.208. The summed E-state index contributed by atoms with van der Waals surface area (Å²) in [5, 5.41) is 21.0. The first-order chi connectivity index (χ1) is 12.7. The third-order valence-electron chi connectivity index (χ3n) is 3.99. The molecular weight excluding hydrogens is 330 g/mol. The van der Waals surface area contributed by atoms with Gasteiger partial charge in [-0.3, -0.25) is 0 Å². The molecule has 1 unspecified atom stereocenters. The largest absolute Gasteiger partial charge is 0.419 e. The van der Waals surface area contributed by atoms with Crippen LogP contribution in [0, 0.1) is 0 Å². The minimum atomic E-state index is -0.476. The van der Waals surface area contributed by atoms with Gasteiger partial charge in [-0.1, -0.05) is 30.3 Å². The van der Waals surface area contributed by atoms with Crippen LogP contribution in [-0.4, -0.2) is 37.5 Å². The number of nitrogens with zero attached hydrogens (tertiary/aromatic N) is 4. The van der Waals surface area contributed by atoms with Crippen molar-refractivity contribution >= 4 is 17.0 Å². The van der Waals surface area contributed by atoms with Crippen molar-refractivity contribution in [3.8, 4) is 11.5 Å². The zero-order chi connectivity index (χ0) is 17.9. The zero-order valence-electron chi connectivity index (χ0n) is 14.3. The van der Waals surface area contributed by atoms with Gasteiger partial charge in [-0.25, -0.2) is 4.98 Å². The molecule has 0 fully saturated rings. The Morgan fingerprint density at radius 3 is 2.65 bits per heavy atom. The van der Waals surface area contributed by atoms with E-state index in [1.54, 1.807) is 6.92 Å². The molecule has 0 aliphatic rings. The number of anilines is 1. The van der Waals surface area contributed by atoms with Gasteiger partial charge in [0.05, 0.1) is 17.1 Å². The molecule has 7 heteroatoms. The van der Waals surface area contributed by atoms with Crippen LogP contribution in [0.3, 0.4) is 0 Å². The van der Waals surface area contributed by atoms with Crippen molar-refractivity contribution in [3.05, 3.63) is 60.5 Å². The Morgan fingerprint density at radius 1 is 1.08 bits per heavy atom. The number of benzene rings is 2. The molecule has 2 aromatic carbocycles. The van der Waals surface area contributed by atoms with Gasteiger partial charge < -0.3 is 19.4 Å². The Morgan fingerprint density at radius 2 is 1.85 bits per heavy atom. The van der Waals surface area contributed by atoms with Gasteiger partial charge in [-0.05, 0) is 31.2 Å². The summed E-state index contributed by atoms with van der Waals surface area (Å²) in [7, 11) is 0. The third kappa shape index (κ3) is 3.29. The highest BCUT2D eigenvalue weighted by molar-refractivity contribution is 5.78. The van der Waals surface area contributed by atoms with E-state index in [0.717, 1.165) is 16.6 Å². The number of rotatable bonds is 6. The Labute approximate surface area is 150 Å². The fourth-order valence-electron chi connectivity index (χ4n) is 2.76. The van der Waals surface area contributed by atoms with Gasteiger partial charge in [0.25, 0.3) is 0 Å². The van der Waals surface area contributed by atoms with E-state index in [2.05, 4.69) is 20.5 Å². The van der Waals surface area contributed by atoms with Crippen LogP contribution >= 0.6 is 0 Å². The van der Waals surface area contributed by atoms with Crippen molar-refractivity contribution < 1.29 is 9.52 Å². The molecule has 0 amide bonds. The van der Waals surface area contributed by atoms with E-state index in [1.807, 2.05) is 59.2 Å². The molecule has 4 rings (SSSR count). The molecule has 2 heterocycles. The Hall–Kier alpha value is -3.19. The van der Waals surface area contributed by atoms with Crippen LogP contribution in [0.1, 0.15) is 12.8 Å². The lowest BCUT2D eigenvalue weighted by Gasteiger charge is -2.10. The molecule has 0 saturated heterocycles. The molecule has 132 valence electrons. The maximum atomic E-state index is 9.56. The SMILES string of the molecule is CC(O)CNc1nc2ccccc2n1Cc1nnc(-c2ccccc2)o1. The summed E-state index contributed by atoms with van der Waals surface area (Å²) in [5.41, 5.74) is 2.71. The zero-order valence-corrected chi connectivity index (χ0v) is 14.3. The number of hydrogen-bond acceptors (Lipinski definition) is 6. The third-order valence-corrected chi connectivity index (χ3v) is 3.99. The molecule has 0 aliphatic carbocycles. The van der Waals surface area contributed by atoms with Crippen molar-refractivity contribution in [1.29, 1.82) is 0 Å². The molecule has 0 bridgehead atoms. The fraction of sp³-hybridized carbons (Fsp3) is 0.211. The predicted octanol–water partition coefficient (Wildman–Crippen LogP) is 2.93. The molecule has 0 spiro atoms. The molecule has 0 saturated carbocycles. The van der Waals surface area contributed by atoms with E-state index in [0.29, 0.717) is 30.8 Å². The number of aliphatic hydroxyl groups excluding tert-OH is 1. The van der Waals surface area contributed by atoms with E-state index >= 15 is 0 Å². The first kappa shape index (κ1) is 16.3. The molecule has 7 nitrogen and oxygen atoms in total. The minimum absolute atomic E-state index is 0.391. The molecular formula is C19H19N5O2. The smallest absolute Gasteiger partial charge is 0.247 e. The standard InChI is InChI=1S/C19H19N5O2/c1-13(25)11-20-19-21-15-9-5-6-10-16(15)24(19)12-17-22-23-18(26-17)14-7-3-2-4-8-14/h2-10,13,25H,11-12H2,1H3,(H,20,21). The lowest BCUT2D eigenvalue weighted by Crippen LogP contribution is -2.18. The topological polar surface area (TPSA) is 89.0 Å². The minimum Gasteiger partial charge on any atom is -0.419 e. The van der Waals surface area contributed by atoms with Crippen molar-refractivity contribution in [2.24, 2.45) is 0 Å². The van der Waals surface area contributed by atoms with E-state index < -0.39 is 6.10 Å². The molecule has 2 N–H and O–H groups in total. The van der Waals surface area contributed by atoms with Gasteiger partial charge in [-0.2, -0.15) is 0 Å². The highest BCUT2D eigenvalue weighted by atomic mass is 16.4. The predicted molar refractivity (Wildman–Crippen MR) is 98.7 cm³/mol. The summed E-state index contributed by atoms with van der Waals surface area (Å²) >= 11 is 0. The molecule has 0 radical (unpaired) electrons. The van der Waals surface area contributed by atoms with Crippen LogP contribution in [0.25, 0.3) is 22.5 Å². The summed E-state index contributed by atoms with van der Waals surface area (Å²) in [6, 6.07) is 17.5. The van der Waals surface area contributed by atoms with Crippen LogP contribution in [0.2, 0.25) is 0 Å². The maximum absolute atomic E-state index is 9.56. The Balaban J connectivity index is 1.66. The van der Waals surface area contributed by atoms with Crippen molar-refractivity contribution in [1.82, 2.24) is 19.7 Å². The van der Waals surface area contributed by atoms with E-state index in [1.165, 1.54) is 0 Å². The lowest BCUT2D eigenvalue weighted by atomic mass is 10.2. The molecule has 4 aromatic rings. The maximum Gasteiger partial charge on any atom is 0.247 e. The van der Waals surface area contributed by atoms with Gasteiger partial charge in [-0.15, -0.1) is 10.2 Å². The average molecular weight is 349 g/mol. The fourth-order valence-corrected chi connectivity index (χ4v) is 2.76. The average Bonchev–Trinajstić information content (AvgIpc) is 3.26. The van der Waals surface area contributed by atoms with Gasteiger partial charge in [0.1, 0.15) is 6.54 Å². The summed E-state index contributed by atoms with van der Waals surface area (Å²) in [6.45, 7) is 2.52. The van der Waals surface area contributed by atoms with Crippen molar-refractivity contribution in [2.45, 2.75) is 19.6 Å². The first-order valence-corrected chi connectivity index (χ1v) is 8.46.